The van der Waals surface area contributed by atoms with Crippen molar-refractivity contribution in [3.05, 3.63) is 64.7 Å². The third kappa shape index (κ3) is 2.92. The van der Waals surface area contributed by atoms with Crippen LogP contribution in [0.1, 0.15) is 12.5 Å². The first-order chi connectivity index (χ1) is 9.46. The van der Waals surface area contributed by atoms with Gasteiger partial charge < -0.3 is 10.4 Å². The van der Waals surface area contributed by atoms with Gasteiger partial charge in [-0.2, -0.15) is 0 Å². The van der Waals surface area contributed by atoms with Crippen LogP contribution in [0.5, 0.6) is 0 Å². The van der Waals surface area contributed by atoms with Crippen molar-refractivity contribution in [3.8, 4) is 0 Å². The van der Waals surface area contributed by atoms with Gasteiger partial charge in [-0.1, -0.05) is 29.8 Å². The average molecular weight is 298 g/mol. The molecule has 0 aliphatic heterocycles. The van der Waals surface area contributed by atoms with Crippen LogP contribution in [-0.2, 0) is 5.54 Å². The molecule has 0 saturated heterocycles. The molecule has 0 spiro atoms. The maximum absolute atomic E-state index is 13.7. The van der Waals surface area contributed by atoms with Crippen LogP contribution < -0.4 is 5.32 Å². The maximum Gasteiger partial charge on any atom is 0.146 e. The largest absolute Gasteiger partial charge is 0.394 e. The summed E-state index contributed by atoms with van der Waals surface area (Å²) in [6.07, 6.45) is 0. The predicted molar refractivity (Wildman–Crippen MR) is 75.9 cm³/mol. The van der Waals surface area contributed by atoms with E-state index < -0.39 is 17.2 Å². The SMILES string of the molecule is CC(CO)(Nc1ccccc1F)c1ccc(F)cc1Cl. The lowest BCUT2D eigenvalue weighted by Gasteiger charge is -2.31. The number of rotatable bonds is 4. The minimum Gasteiger partial charge on any atom is -0.394 e. The minimum absolute atomic E-state index is 0.172. The lowest BCUT2D eigenvalue weighted by atomic mass is 9.92. The number of benzene rings is 2. The Bertz CT molecular complexity index is 621. The van der Waals surface area contributed by atoms with Crippen LogP contribution in [0, 0.1) is 11.6 Å². The van der Waals surface area contributed by atoms with Gasteiger partial charge in [0.05, 0.1) is 17.8 Å². The van der Waals surface area contributed by atoms with E-state index in [4.69, 9.17) is 11.6 Å². The first-order valence-electron chi connectivity index (χ1n) is 6.05. The molecule has 1 unspecified atom stereocenters. The molecular weight excluding hydrogens is 284 g/mol. The molecule has 0 aliphatic rings. The maximum atomic E-state index is 13.7. The number of aliphatic hydroxyl groups excluding tert-OH is 1. The van der Waals surface area contributed by atoms with E-state index in [0.29, 0.717) is 5.56 Å². The number of halogens is 3. The molecule has 0 heterocycles. The quantitative estimate of drug-likeness (QED) is 0.896. The molecule has 2 aromatic rings. The van der Waals surface area contributed by atoms with Crippen LogP contribution in [0.2, 0.25) is 5.02 Å². The van der Waals surface area contributed by atoms with Gasteiger partial charge in [0, 0.05) is 5.02 Å². The number of para-hydroxylation sites is 1. The molecule has 0 bridgehead atoms. The van der Waals surface area contributed by atoms with E-state index in [2.05, 4.69) is 5.32 Å². The summed E-state index contributed by atoms with van der Waals surface area (Å²) in [5.41, 5.74) is -0.289. The summed E-state index contributed by atoms with van der Waals surface area (Å²) in [6, 6.07) is 10.00. The van der Waals surface area contributed by atoms with Gasteiger partial charge in [-0.15, -0.1) is 0 Å². The Morgan fingerprint density at radius 2 is 1.90 bits per heavy atom. The smallest absolute Gasteiger partial charge is 0.146 e. The van der Waals surface area contributed by atoms with E-state index in [-0.39, 0.29) is 17.3 Å². The molecule has 0 radical (unpaired) electrons. The van der Waals surface area contributed by atoms with Crippen molar-refractivity contribution >= 4 is 17.3 Å². The third-order valence-electron chi connectivity index (χ3n) is 3.13. The number of anilines is 1. The van der Waals surface area contributed by atoms with E-state index in [0.717, 1.165) is 6.07 Å². The van der Waals surface area contributed by atoms with Crippen LogP contribution in [0.3, 0.4) is 0 Å². The molecule has 2 nitrogen and oxygen atoms in total. The molecule has 2 aromatic carbocycles. The first-order valence-corrected chi connectivity index (χ1v) is 6.43. The Morgan fingerprint density at radius 3 is 2.50 bits per heavy atom. The van der Waals surface area contributed by atoms with Gasteiger partial charge in [-0.3, -0.25) is 0 Å². The molecule has 2 N–H and O–H groups in total. The lowest BCUT2D eigenvalue weighted by molar-refractivity contribution is 0.223. The highest BCUT2D eigenvalue weighted by atomic mass is 35.5. The zero-order valence-electron chi connectivity index (χ0n) is 10.8. The van der Waals surface area contributed by atoms with Crippen molar-refractivity contribution in [2.45, 2.75) is 12.5 Å². The molecule has 106 valence electrons. The molecule has 0 saturated carbocycles. The highest BCUT2D eigenvalue weighted by Crippen LogP contribution is 2.32. The Labute approximate surface area is 121 Å². The summed E-state index contributed by atoms with van der Waals surface area (Å²) in [4.78, 5) is 0. The van der Waals surface area contributed by atoms with Crippen molar-refractivity contribution < 1.29 is 13.9 Å². The molecule has 2 rings (SSSR count). The summed E-state index contributed by atoms with van der Waals surface area (Å²) < 4.78 is 26.8. The van der Waals surface area contributed by atoms with Gasteiger partial charge in [0.1, 0.15) is 11.6 Å². The van der Waals surface area contributed by atoms with Crippen molar-refractivity contribution in [1.29, 1.82) is 0 Å². The standard InChI is InChI=1S/C15H14ClF2NO/c1-15(9-20,11-7-6-10(17)8-12(11)16)19-14-5-3-2-4-13(14)18/h2-8,19-20H,9H2,1H3. The van der Waals surface area contributed by atoms with Crippen LogP contribution >= 0.6 is 11.6 Å². The molecular formula is C15H14ClF2NO. The van der Waals surface area contributed by atoms with E-state index in [1.807, 2.05) is 0 Å². The highest BCUT2D eigenvalue weighted by molar-refractivity contribution is 6.31. The zero-order valence-corrected chi connectivity index (χ0v) is 11.6. The summed E-state index contributed by atoms with van der Waals surface area (Å²) in [6.45, 7) is 1.34. The topological polar surface area (TPSA) is 32.3 Å². The van der Waals surface area contributed by atoms with Crippen molar-refractivity contribution in [2.24, 2.45) is 0 Å². The van der Waals surface area contributed by atoms with Gasteiger partial charge in [0.15, 0.2) is 0 Å². The molecule has 5 heteroatoms. The van der Waals surface area contributed by atoms with E-state index in [1.165, 1.54) is 18.2 Å². The number of nitrogens with one attached hydrogen (secondary N) is 1. The predicted octanol–water partition coefficient (Wildman–Crippen LogP) is 3.94. The molecule has 20 heavy (non-hydrogen) atoms. The zero-order chi connectivity index (χ0) is 14.8. The fraction of sp³-hybridized carbons (Fsp3) is 0.200. The van der Waals surface area contributed by atoms with E-state index >= 15 is 0 Å². The minimum atomic E-state index is -1.02. The average Bonchev–Trinajstić information content (AvgIpc) is 2.41. The monoisotopic (exact) mass is 297 g/mol. The van der Waals surface area contributed by atoms with E-state index in [9.17, 15) is 13.9 Å². The van der Waals surface area contributed by atoms with Gasteiger partial charge in [0.25, 0.3) is 0 Å². The normalized spacial score (nSPS) is 13.8. The van der Waals surface area contributed by atoms with Crippen molar-refractivity contribution in [2.75, 3.05) is 11.9 Å². The van der Waals surface area contributed by atoms with Crippen LogP contribution in [0.4, 0.5) is 14.5 Å². The fourth-order valence-electron chi connectivity index (χ4n) is 1.99. The Morgan fingerprint density at radius 1 is 1.20 bits per heavy atom. The first kappa shape index (κ1) is 14.8. The Hall–Kier alpha value is -1.65. The van der Waals surface area contributed by atoms with Gasteiger partial charge in [-0.25, -0.2) is 8.78 Å². The summed E-state index contributed by atoms with van der Waals surface area (Å²) in [7, 11) is 0. The van der Waals surface area contributed by atoms with Gasteiger partial charge in [0.2, 0.25) is 0 Å². The van der Waals surface area contributed by atoms with Crippen LogP contribution in [-0.4, -0.2) is 11.7 Å². The molecule has 0 aliphatic carbocycles. The van der Waals surface area contributed by atoms with Crippen molar-refractivity contribution in [1.82, 2.24) is 0 Å². The summed E-state index contributed by atoms with van der Waals surface area (Å²) in [5, 5.41) is 12.7. The number of hydrogen-bond acceptors (Lipinski definition) is 2. The number of hydrogen-bond donors (Lipinski definition) is 2. The molecule has 0 fully saturated rings. The van der Waals surface area contributed by atoms with Crippen molar-refractivity contribution in [3.63, 3.8) is 0 Å². The summed E-state index contributed by atoms with van der Waals surface area (Å²) in [5.74, 6) is -0.907. The summed E-state index contributed by atoms with van der Waals surface area (Å²) >= 11 is 6.01. The lowest BCUT2D eigenvalue weighted by Crippen LogP contribution is -2.36. The second-order valence-electron chi connectivity index (χ2n) is 4.72. The van der Waals surface area contributed by atoms with Gasteiger partial charge in [-0.05, 0) is 36.8 Å². The van der Waals surface area contributed by atoms with Crippen LogP contribution in [0.25, 0.3) is 0 Å². The van der Waals surface area contributed by atoms with Gasteiger partial charge >= 0.3 is 0 Å². The second kappa shape index (κ2) is 5.77. The second-order valence-corrected chi connectivity index (χ2v) is 5.13. The Balaban J connectivity index is 2.41. The van der Waals surface area contributed by atoms with Crippen LogP contribution in [0.15, 0.2) is 42.5 Å². The molecule has 1 atom stereocenters. The fourth-order valence-corrected chi connectivity index (χ4v) is 2.36. The Kier molecular flexibility index (Phi) is 4.26. The third-order valence-corrected chi connectivity index (χ3v) is 3.44. The van der Waals surface area contributed by atoms with E-state index in [1.54, 1.807) is 25.1 Å². The highest BCUT2D eigenvalue weighted by Gasteiger charge is 2.29. The number of aliphatic hydroxyl groups is 1. The molecule has 0 aromatic heterocycles. The molecule has 0 amide bonds.